The van der Waals surface area contributed by atoms with Crippen molar-refractivity contribution >= 4 is 17.0 Å². The van der Waals surface area contributed by atoms with E-state index in [9.17, 15) is 13.6 Å². The number of esters is 1. The molecule has 1 aromatic carbocycles. The first-order valence-corrected chi connectivity index (χ1v) is 7.34. The van der Waals surface area contributed by atoms with Crippen LogP contribution in [0.3, 0.4) is 0 Å². The molecule has 6 heteroatoms. The Labute approximate surface area is 128 Å². The Morgan fingerprint density at radius 3 is 2.59 bits per heavy atom. The van der Waals surface area contributed by atoms with Gasteiger partial charge in [0.1, 0.15) is 0 Å². The van der Waals surface area contributed by atoms with Gasteiger partial charge in [-0.2, -0.15) is 8.78 Å². The molecule has 0 aliphatic carbocycles. The molecule has 4 nitrogen and oxygen atoms in total. The standard InChI is InChI=1S/C16H20F2N2O2/c1-10(2)8-9-14(21)22-11(3)15-19-12-6-4-5-7-13(12)20(15)16(17)18/h4-7,10-11,16H,8-9H2,1-3H3. The highest BCUT2D eigenvalue weighted by molar-refractivity contribution is 5.76. The van der Waals surface area contributed by atoms with Crippen LogP contribution in [0.2, 0.25) is 0 Å². The van der Waals surface area contributed by atoms with Gasteiger partial charge in [0.2, 0.25) is 0 Å². The number of imidazole rings is 1. The zero-order valence-electron chi connectivity index (χ0n) is 12.9. The van der Waals surface area contributed by atoms with Gasteiger partial charge in [-0.1, -0.05) is 26.0 Å². The van der Waals surface area contributed by atoms with Crippen LogP contribution in [0.4, 0.5) is 8.78 Å². The third kappa shape index (κ3) is 3.61. The first-order chi connectivity index (χ1) is 10.4. The second-order valence-corrected chi connectivity index (χ2v) is 5.67. The lowest BCUT2D eigenvalue weighted by Gasteiger charge is -2.15. The van der Waals surface area contributed by atoms with Crippen LogP contribution in [0, 0.1) is 5.92 Å². The highest BCUT2D eigenvalue weighted by Gasteiger charge is 2.24. The number of ether oxygens (including phenoxy) is 1. The van der Waals surface area contributed by atoms with Crippen molar-refractivity contribution in [1.29, 1.82) is 0 Å². The Morgan fingerprint density at radius 1 is 1.27 bits per heavy atom. The summed E-state index contributed by atoms with van der Waals surface area (Å²) in [5.41, 5.74) is 0.792. The Hall–Kier alpha value is -1.98. The Morgan fingerprint density at radius 2 is 1.95 bits per heavy atom. The molecule has 0 bridgehead atoms. The summed E-state index contributed by atoms with van der Waals surface area (Å²) in [6, 6.07) is 6.64. The highest BCUT2D eigenvalue weighted by atomic mass is 19.3. The molecule has 0 amide bonds. The molecule has 1 aromatic heterocycles. The van der Waals surface area contributed by atoms with E-state index in [0.29, 0.717) is 23.4 Å². The van der Waals surface area contributed by atoms with Gasteiger partial charge in [-0.05, 0) is 31.4 Å². The largest absolute Gasteiger partial charge is 0.454 e. The molecular formula is C16H20F2N2O2. The summed E-state index contributed by atoms with van der Waals surface area (Å²) >= 11 is 0. The van der Waals surface area contributed by atoms with E-state index in [1.54, 1.807) is 31.2 Å². The van der Waals surface area contributed by atoms with Crippen LogP contribution >= 0.6 is 0 Å². The summed E-state index contributed by atoms with van der Waals surface area (Å²) in [6.07, 6.45) is 0.161. The lowest BCUT2D eigenvalue weighted by atomic mass is 10.1. The van der Waals surface area contributed by atoms with Crippen molar-refractivity contribution in [2.75, 3.05) is 0 Å². The van der Waals surface area contributed by atoms with E-state index >= 15 is 0 Å². The molecule has 1 heterocycles. The van der Waals surface area contributed by atoms with Gasteiger partial charge < -0.3 is 4.74 Å². The van der Waals surface area contributed by atoms with Crippen LogP contribution in [0.1, 0.15) is 52.1 Å². The van der Waals surface area contributed by atoms with Gasteiger partial charge in [-0.15, -0.1) is 0 Å². The zero-order chi connectivity index (χ0) is 16.3. The molecule has 0 spiro atoms. The molecule has 0 radical (unpaired) electrons. The monoisotopic (exact) mass is 310 g/mol. The quantitative estimate of drug-likeness (QED) is 0.739. The summed E-state index contributed by atoms with van der Waals surface area (Å²) in [6.45, 7) is 2.84. The van der Waals surface area contributed by atoms with Crippen LogP contribution in [0.25, 0.3) is 11.0 Å². The molecule has 1 unspecified atom stereocenters. The average molecular weight is 310 g/mol. The molecule has 1 atom stereocenters. The molecular weight excluding hydrogens is 290 g/mol. The number of para-hydroxylation sites is 2. The number of rotatable bonds is 6. The molecule has 0 saturated carbocycles. The number of fused-ring (bicyclic) bond motifs is 1. The van der Waals surface area contributed by atoms with E-state index in [0.717, 1.165) is 4.57 Å². The van der Waals surface area contributed by atoms with E-state index in [1.165, 1.54) is 0 Å². The van der Waals surface area contributed by atoms with Crippen molar-refractivity contribution in [1.82, 2.24) is 9.55 Å². The minimum atomic E-state index is -2.74. The molecule has 0 saturated heterocycles. The number of halogens is 2. The lowest BCUT2D eigenvalue weighted by molar-refractivity contribution is -0.149. The van der Waals surface area contributed by atoms with E-state index in [2.05, 4.69) is 4.98 Å². The third-order valence-corrected chi connectivity index (χ3v) is 3.42. The molecule has 0 aliphatic heterocycles. The Kier molecular flexibility index (Phi) is 5.11. The van der Waals surface area contributed by atoms with Gasteiger partial charge in [0.25, 0.3) is 0 Å². The predicted octanol–water partition coefficient (Wildman–Crippen LogP) is 4.47. The highest BCUT2D eigenvalue weighted by Crippen LogP contribution is 2.28. The number of benzene rings is 1. The van der Waals surface area contributed by atoms with Crippen molar-refractivity contribution in [3.63, 3.8) is 0 Å². The smallest absolute Gasteiger partial charge is 0.320 e. The maximum atomic E-state index is 13.3. The van der Waals surface area contributed by atoms with Gasteiger partial charge in [0.05, 0.1) is 11.0 Å². The van der Waals surface area contributed by atoms with E-state index < -0.39 is 18.6 Å². The van der Waals surface area contributed by atoms with Crippen LogP contribution in [-0.4, -0.2) is 15.5 Å². The lowest BCUT2D eigenvalue weighted by Crippen LogP contribution is -2.14. The summed E-state index contributed by atoms with van der Waals surface area (Å²) < 4.78 is 32.7. The number of alkyl halides is 2. The number of nitrogens with zero attached hydrogens (tertiary/aromatic N) is 2. The Bertz CT molecular complexity index is 653. The maximum Gasteiger partial charge on any atom is 0.320 e. The average Bonchev–Trinajstić information content (AvgIpc) is 2.84. The molecule has 120 valence electrons. The maximum absolute atomic E-state index is 13.3. The van der Waals surface area contributed by atoms with Crippen LogP contribution < -0.4 is 0 Å². The van der Waals surface area contributed by atoms with Gasteiger partial charge in [0.15, 0.2) is 11.9 Å². The number of carbonyl (C=O) groups excluding carboxylic acids is 1. The van der Waals surface area contributed by atoms with Crippen molar-refractivity contribution in [3.8, 4) is 0 Å². The fourth-order valence-corrected chi connectivity index (χ4v) is 2.27. The molecule has 0 aliphatic rings. The molecule has 0 N–H and O–H groups in total. The fourth-order valence-electron chi connectivity index (χ4n) is 2.27. The van der Waals surface area contributed by atoms with Crippen molar-refractivity contribution in [2.24, 2.45) is 5.92 Å². The van der Waals surface area contributed by atoms with Gasteiger partial charge in [-0.3, -0.25) is 9.36 Å². The molecule has 22 heavy (non-hydrogen) atoms. The van der Waals surface area contributed by atoms with Gasteiger partial charge in [-0.25, -0.2) is 4.98 Å². The number of aromatic nitrogens is 2. The fraction of sp³-hybridized carbons (Fsp3) is 0.500. The summed E-state index contributed by atoms with van der Waals surface area (Å²) in [5.74, 6) is 0.0525. The van der Waals surface area contributed by atoms with Gasteiger partial charge in [0, 0.05) is 6.42 Å². The summed E-state index contributed by atoms with van der Waals surface area (Å²) in [4.78, 5) is 16.0. The number of hydrogen-bond donors (Lipinski definition) is 0. The first-order valence-electron chi connectivity index (χ1n) is 7.34. The van der Waals surface area contributed by atoms with E-state index in [-0.39, 0.29) is 12.2 Å². The second-order valence-electron chi connectivity index (χ2n) is 5.67. The van der Waals surface area contributed by atoms with Crippen LogP contribution in [-0.2, 0) is 9.53 Å². The van der Waals surface area contributed by atoms with Crippen LogP contribution in [0.15, 0.2) is 24.3 Å². The van der Waals surface area contributed by atoms with Crippen molar-refractivity contribution in [3.05, 3.63) is 30.1 Å². The first kappa shape index (κ1) is 16.4. The minimum absolute atomic E-state index is 0.0640. The molecule has 0 fully saturated rings. The SMILES string of the molecule is CC(C)CCC(=O)OC(C)c1nc2ccccc2n1C(F)F. The third-order valence-electron chi connectivity index (χ3n) is 3.42. The van der Waals surface area contributed by atoms with Gasteiger partial charge >= 0.3 is 12.5 Å². The van der Waals surface area contributed by atoms with Crippen molar-refractivity contribution in [2.45, 2.75) is 46.3 Å². The predicted molar refractivity (Wildman–Crippen MR) is 79.6 cm³/mol. The summed E-state index contributed by atoms with van der Waals surface area (Å²) in [5, 5.41) is 0. The second kappa shape index (κ2) is 6.85. The van der Waals surface area contributed by atoms with E-state index in [1.807, 2.05) is 13.8 Å². The summed E-state index contributed by atoms with van der Waals surface area (Å²) in [7, 11) is 0. The van der Waals surface area contributed by atoms with Crippen LogP contribution in [0.5, 0.6) is 0 Å². The Balaban J connectivity index is 2.22. The number of carbonyl (C=O) groups is 1. The van der Waals surface area contributed by atoms with E-state index in [4.69, 9.17) is 4.74 Å². The van der Waals surface area contributed by atoms with Crippen molar-refractivity contribution < 1.29 is 18.3 Å². The number of hydrogen-bond acceptors (Lipinski definition) is 3. The zero-order valence-corrected chi connectivity index (χ0v) is 12.9. The normalized spacial score (nSPS) is 13.0. The topological polar surface area (TPSA) is 44.1 Å². The molecule has 2 rings (SSSR count). The molecule has 2 aromatic rings. The minimum Gasteiger partial charge on any atom is -0.454 e.